The first kappa shape index (κ1) is 20.5. The molecule has 4 aliphatic carbocycles. The van der Waals surface area contributed by atoms with Crippen molar-refractivity contribution in [2.24, 2.45) is 28.6 Å². The van der Waals surface area contributed by atoms with Crippen molar-refractivity contribution in [1.29, 1.82) is 0 Å². The fourth-order valence-corrected chi connectivity index (χ4v) is 7.64. The summed E-state index contributed by atoms with van der Waals surface area (Å²) in [5, 5.41) is 0. The van der Waals surface area contributed by atoms with Crippen LogP contribution in [0.1, 0.15) is 79.1 Å². The van der Waals surface area contributed by atoms with Crippen LogP contribution in [0.2, 0.25) is 0 Å². The van der Waals surface area contributed by atoms with Crippen molar-refractivity contribution < 1.29 is 19.1 Å². The Hall–Kier alpha value is -1.76. The van der Waals surface area contributed by atoms with E-state index in [1.165, 1.54) is 19.4 Å². The quantitative estimate of drug-likeness (QED) is 0.380. The van der Waals surface area contributed by atoms with Crippen molar-refractivity contribution in [3.63, 3.8) is 0 Å². The van der Waals surface area contributed by atoms with Gasteiger partial charge in [-0.25, -0.2) is 0 Å². The Kier molecular flexibility index (Phi) is 4.88. The SMILES string of the molecule is C#C[C@]1(OC(C)=O)CC[C@@H]2[C@@H]3CC=C4C[C@H](OC(C)=O)CC[C@]4(C)[C@@H]3CC[C@@]21C. The van der Waals surface area contributed by atoms with Crippen LogP contribution >= 0.6 is 0 Å². The molecular weight excluding hydrogens is 364 g/mol. The highest BCUT2D eigenvalue weighted by molar-refractivity contribution is 5.67. The Balaban J connectivity index is 1.61. The maximum Gasteiger partial charge on any atom is 0.304 e. The van der Waals surface area contributed by atoms with Crippen LogP contribution in [-0.2, 0) is 19.1 Å². The van der Waals surface area contributed by atoms with Crippen molar-refractivity contribution in [2.45, 2.75) is 90.8 Å². The summed E-state index contributed by atoms with van der Waals surface area (Å²) in [4.78, 5) is 23.3. The molecule has 7 atom stereocenters. The smallest absolute Gasteiger partial charge is 0.304 e. The summed E-state index contributed by atoms with van der Waals surface area (Å²) in [6, 6.07) is 0. The number of esters is 2. The van der Waals surface area contributed by atoms with Gasteiger partial charge in [-0.05, 0) is 68.1 Å². The van der Waals surface area contributed by atoms with Crippen LogP contribution in [0.3, 0.4) is 0 Å². The summed E-state index contributed by atoms with van der Waals surface area (Å²) in [7, 11) is 0. The molecular formula is C25H34O4. The fourth-order valence-electron chi connectivity index (χ4n) is 7.64. The largest absolute Gasteiger partial charge is 0.462 e. The number of allylic oxidation sites excluding steroid dienone is 1. The third kappa shape index (κ3) is 2.95. The minimum absolute atomic E-state index is 0.0294. The van der Waals surface area contributed by atoms with Crippen LogP contribution in [0, 0.1) is 40.9 Å². The van der Waals surface area contributed by atoms with E-state index < -0.39 is 5.60 Å². The van der Waals surface area contributed by atoms with Gasteiger partial charge in [0.15, 0.2) is 5.60 Å². The van der Waals surface area contributed by atoms with E-state index in [1.807, 2.05) is 0 Å². The molecule has 4 rings (SSSR count). The third-order valence-electron chi connectivity index (χ3n) is 9.06. The summed E-state index contributed by atoms with van der Waals surface area (Å²) in [5.41, 5.74) is 0.766. The molecule has 0 amide bonds. The van der Waals surface area contributed by atoms with Gasteiger partial charge in [0.05, 0.1) is 0 Å². The lowest BCUT2D eigenvalue weighted by atomic mass is 9.47. The zero-order valence-corrected chi connectivity index (χ0v) is 18.3. The number of carbonyl (C=O) groups is 2. The highest BCUT2D eigenvalue weighted by Crippen LogP contribution is 2.67. The van der Waals surface area contributed by atoms with Crippen molar-refractivity contribution >= 4 is 11.9 Å². The number of terminal acetylenes is 1. The molecule has 3 saturated carbocycles. The second-order valence-electron chi connectivity index (χ2n) is 10.3. The van der Waals surface area contributed by atoms with E-state index in [0.29, 0.717) is 17.8 Å². The Morgan fingerprint density at radius 1 is 1.07 bits per heavy atom. The maximum atomic E-state index is 11.8. The molecule has 0 N–H and O–H groups in total. The van der Waals surface area contributed by atoms with Gasteiger partial charge in [-0.15, -0.1) is 6.42 Å². The second kappa shape index (κ2) is 6.89. The predicted molar refractivity (Wildman–Crippen MR) is 111 cm³/mol. The van der Waals surface area contributed by atoms with Gasteiger partial charge in [-0.3, -0.25) is 9.59 Å². The van der Waals surface area contributed by atoms with Crippen molar-refractivity contribution in [2.75, 3.05) is 0 Å². The molecule has 0 aromatic rings. The second-order valence-corrected chi connectivity index (χ2v) is 10.3. The molecule has 0 aromatic carbocycles. The van der Waals surface area contributed by atoms with E-state index in [2.05, 4.69) is 25.8 Å². The van der Waals surface area contributed by atoms with Gasteiger partial charge in [-0.1, -0.05) is 31.4 Å². The average molecular weight is 399 g/mol. The van der Waals surface area contributed by atoms with Gasteiger partial charge >= 0.3 is 11.9 Å². The number of hydrogen-bond acceptors (Lipinski definition) is 4. The van der Waals surface area contributed by atoms with E-state index in [9.17, 15) is 9.59 Å². The molecule has 0 saturated heterocycles. The minimum atomic E-state index is -0.758. The first-order valence-electron chi connectivity index (χ1n) is 11.2. The predicted octanol–water partition coefficient (Wildman–Crippen LogP) is 4.82. The molecule has 0 radical (unpaired) electrons. The molecule has 0 bridgehead atoms. The third-order valence-corrected chi connectivity index (χ3v) is 9.06. The number of hydrogen-bond donors (Lipinski definition) is 0. The summed E-state index contributed by atoms with van der Waals surface area (Å²) < 4.78 is 11.4. The molecule has 0 aromatic heterocycles. The normalized spacial score (nSPS) is 45.7. The topological polar surface area (TPSA) is 52.6 Å². The molecule has 0 unspecified atom stereocenters. The number of rotatable bonds is 2. The van der Waals surface area contributed by atoms with Gasteiger partial charge < -0.3 is 9.47 Å². The molecule has 4 nitrogen and oxygen atoms in total. The summed E-state index contributed by atoms with van der Waals surface area (Å²) in [6.45, 7) is 7.67. The monoisotopic (exact) mass is 398 g/mol. The highest BCUT2D eigenvalue weighted by atomic mass is 16.6. The van der Waals surface area contributed by atoms with Crippen LogP contribution in [0.5, 0.6) is 0 Å². The molecule has 4 heteroatoms. The fraction of sp³-hybridized carbons (Fsp3) is 0.760. The molecule has 29 heavy (non-hydrogen) atoms. The molecule has 0 spiro atoms. The van der Waals surface area contributed by atoms with Crippen LogP contribution < -0.4 is 0 Å². The van der Waals surface area contributed by atoms with Crippen molar-refractivity contribution in [3.05, 3.63) is 11.6 Å². The summed E-state index contributed by atoms with van der Waals surface area (Å²) >= 11 is 0. The minimum Gasteiger partial charge on any atom is -0.462 e. The van der Waals surface area contributed by atoms with E-state index in [1.54, 1.807) is 0 Å². The van der Waals surface area contributed by atoms with Crippen LogP contribution in [-0.4, -0.2) is 23.6 Å². The summed E-state index contributed by atoms with van der Waals surface area (Å²) in [6.07, 6.45) is 16.3. The maximum absolute atomic E-state index is 11.8. The number of ether oxygens (including phenoxy) is 2. The van der Waals surface area contributed by atoms with Crippen molar-refractivity contribution in [1.82, 2.24) is 0 Å². The zero-order chi connectivity index (χ0) is 21.0. The molecule has 0 heterocycles. The number of carbonyl (C=O) groups excluding carboxylic acids is 2. The van der Waals surface area contributed by atoms with Crippen molar-refractivity contribution in [3.8, 4) is 12.3 Å². The zero-order valence-electron chi connectivity index (χ0n) is 18.3. The van der Waals surface area contributed by atoms with Gasteiger partial charge in [0.2, 0.25) is 0 Å². The molecule has 3 fully saturated rings. The lowest BCUT2D eigenvalue weighted by molar-refractivity contribution is -0.168. The van der Waals surface area contributed by atoms with Crippen LogP contribution in [0.25, 0.3) is 0 Å². The van der Waals surface area contributed by atoms with Gasteiger partial charge in [0, 0.05) is 25.7 Å². The Morgan fingerprint density at radius 3 is 2.45 bits per heavy atom. The highest BCUT2D eigenvalue weighted by Gasteiger charge is 2.65. The first-order chi connectivity index (χ1) is 13.6. The average Bonchev–Trinajstić information content (AvgIpc) is 2.94. The first-order valence-corrected chi connectivity index (χ1v) is 11.2. The molecule has 158 valence electrons. The van der Waals surface area contributed by atoms with E-state index in [0.717, 1.165) is 51.4 Å². The Labute approximate surface area is 174 Å². The lowest BCUT2D eigenvalue weighted by Gasteiger charge is -2.58. The van der Waals surface area contributed by atoms with Gasteiger partial charge in [0.1, 0.15) is 6.10 Å². The van der Waals surface area contributed by atoms with E-state index in [-0.39, 0.29) is 28.9 Å². The standard InChI is InChI=1S/C25H34O4/c1-6-25(29-17(3)27)14-11-22-20-8-7-18-15-19(28-16(2)26)9-12-23(18,4)21(20)10-13-24(22,25)5/h1,7,19-22H,8-15H2,2-5H3/t19-,20-,21-,22-,23+,24+,25+/m1/s1. The van der Waals surface area contributed by atoms with E-state index >= 15 is 0 Å². The summed E-state index contributed by atoms with van der Waals surface area (Å²) in [5.74, 6) is 4.17. The Morgan fingerprint density at radius 2 is 1.79 bits per heavy atom. The van der Waals surface area contributed by atoms with E-state index in [4.69, 9.17) is 15.9 Å². The Bertz CT molecular complexity index is 791. The van der Waals surface area contributed by atoms with Gasteiger partial charge in [0.25, 0.3) is 0 Å². The lowest BCUT2D eigenvalue weighted by Crippen LogP contribution is -2.55. The van der Waals surface area contributed by atoms with Crippen LogP contribution in [0.4, 0.5) is 0 Å². The van der Waals surface area contributed by atoms with Gasteiger partial charge in [-0.2, -0.15) is 0 Å². The molecule has 0 aliphatic heterocycles. The van der Waals surface area contributed by atoms with Crippen LogP contribution in [0.15, 0.2) is 11.6 Å². The number of fused-ring (bicyclic) bond motifs is 5. The molecule has 4 aliphatic rings.